The monoisotopic (exact) mass is 418 g/mol. The van der Waals surface area contributed by atoms with Crippen molar-refractivity contribution in [3.05, 3.63) is 72.2 Å². The summed E-state index contributed by atoms with van der Waals surface area (Å²) in [7, 11) is 0. The van der Waals surface area contributed by atoms with Gasteiger partial charge in [0.2, 0.25) is 5.91 Å². The number of amides is 1. The van der Waals surface area contributed by atoms with Crippen molar-refractivity contribution in [3.63, 3.8) is 0 Å². The number of carbonyl (C=O) groups is 1. The standard InChI is InChI=1S/C20H17F3N4OS/c1-13(18(28)25-12-14-6-5-9-24-11-14)29-19-26-16(15-7-3-2-4-8-15)10-17(27-19)20(21,22)23/h2-11,13H,12H2,1H3,(H,25,28)/t13-/m0/s1. The highest BCUT2D eigenvalue weighted by atomic mass is 32.2. The average Bonchev–Trinajstić information content (AvgIpc) is 2.72. The van der Waals surface area contributed by atoms with E-state index in [2.05, 4.69) is 20.3 Å². The number of halogens is 3. The molecule has 0 unspecified atom stereocenters. The molecule has 9 heteroatoms. The van der Waals surface area contributed by atoms with Gasteiger partial charge in [0.1, 0.15) is 5.69 Å². The molecule has 29 heavy (non-hydrogen) atoms. The van der Waals surface area contributed by atoms with Crippen LogP contribution in [-0.2, 0) is 17.5 Å². The summed E-state index contributed by atoms with van der Waals surface area (Å²) >= 11 is 0.876. The molecule has 150 valence electrons. The third-order valence-corrected chi connectivity index (χ3v) is 4.87. The number of benzene rings is 1. The molecule has 0 fully saturated rings. The summed E-state index contributed by atoms with van der Waals surface area (Å²) < 4.78 is 39.9. The Morgan fingerprint density at radius 3 is 2.55 bits per heavy atom. The third kappa shape index (κ3) is 5.77. The van der Waals surface area contributed by atoms with Gasteiger partial charge in [0.15, 0.2) is 5.16 Å². The van der Waals surface area contributed by atoms with Crippen LogP contribution in [0.3, 0.4) is 0 Å². The highest BCUT2D eigenvalue weighted by Gasteiger charge is 2.34. The molecule has 0 aliphatic heterocycles. The van der Waals surface area contributed by atoms with Gasteiger partial charge in [-0.1, -0.05) is 48.2 Å². The van der Waals surface area contributed by atoms with Crippen LogP contribution in [0.5, 0.6) is 0 Å². The number of alkyl halides is 3. The number of aromatic nitrogens is 3. The van der Waals surface area contributed by atoms with Gasteiger partial charge in [-0.05, 0) is 24.6 Å². The van der Waals surface area contributed by atoms with E-state index in [-0.39, 0.29) is 23.3 Å². The lowest BCUT2D eigenvalue weighted by Gasteiger charge is -2.14. The summed E-state index contributed by atoms with van der Waals surface area (Å²) in [6.07, 6.45) is -1.37. The fraction of sp³-hybridized carbons (Fsp3) is 0.200. The van der Waals surface area contributed by atoms with Gasteiger partial charge in [0.25, 0.3) is 0 Å². The Hall–Kier alpha value is -2.94. The van der Waals surface area contributed by atoms with Crippen LogP contribution in [0.1, 0.15) is 18.2 Å². The minimum atomic E-state index is -4.62. The minimum absolute atomic E-state index is 0.109. The molecule has 5 nitrogen and oxygen atoms in total. The van der Waals surface area contributed by atoms with Crippen LogP contribution in [0.25, 0.3) is 11.3 Å². The van der Waals surface area contributed by atoms with Crippen LogP contribution < -0.4 is 5.32 Å². The molecule has 0 saturated heterocycles. The predicted molar refractivity (Wildman–Crippen MR) is 104 cm³/mol. The molecule has 1 amide bonds. The van der Waals surface area contributed by atoms with Crippen molar-refractivity contribution >= 4 is 17.7 Å². The zero-order valence-corrected chi connectivity index (χ0v) is 16.2. The second-order valence-electron chi connectivity index (χ2n) is 6.12. The predicted octanol–water partition coefficient (Wildman–Crippen LogP) is 4.35. The number of hydrogen-bond acceptors (Lipinski definition) is 5. The fourth-order valence-electron chi connectivity index (χ4n) is 2.43. The van der Waals surface area contributed by atoms with Gasteiger partial charge in [-0.3, -0.25) is 9.78 Å². The molecule has 0 aliphatic rings. The molecule has 1 aromatic carbocycles. The van der Waals surface area contributed by atoms with E-state index in [0.29, 0.717) is 5.56 Å². The van der Waals surface area contributed by atoms with Crippen molar-refractivity contribution < 1.29 is 18.0 Å². The summed E-state index contributed by atoms with van der Waals surface area (Å²) in [4.78, 5) is 24.1. The summed E-state index contributed by atoms with van der Waals surface area (Å²) in [5.74, 6) is -0.332. The van der Waals surface area contributed by atoms with Gasteiger partial charge in [-0.2, -0.15) is 13.2 Å². The first kappa shape index (κ1) is 20.8. The van der Waals surface area contributed by atoms with E-state index >= 15 is 0 Å². The number of hydrogen-bond donors (Lipinski definition) is 1. The van der Waals surface area contributed by atoms with E-state index in [1.165, 1.54) is 0 Å². The first-order chi connectivity index (χ1) is 13.8. The van der Waals surface area contributed by atoms with Crippen molar-refractivity contribution in [3.8, 4) is 11.3 Å². The van der Waals surface area contributed by atoms with E-state index in [4.69, 9.17) is 0 Å². The SMILES string of the molecule is C[C@H](Sc1nc(-c2ccccc2)cc(C(F)(F)F)n1)C(=O)NCc1cccnc1. The number of thioether (sulfide) groups is 1. The average molecular weight is 418 g/mol. The lowest BCUT2D eigenvalue weighted by atomic mass is 10.1. The largest absolute Gasteiger partial charge is 0.433 e. The molecule has 2 aromatic heterocycles. The smallest absolute Gasteiger partial charge is 0.351 e. The van der Waals surface area contributed by atoms with Gasteiger partial charge in [-0.25, -0.2) is 9.97 Å². The van der Waals surface area contributed by atoms with E-state index in [9.17, 15) is 18.0 Å². The maximum Gasteiger partial charge on any atom is 0.433 e. The second-order valence-corrected chi connectivity index (χ2v) is 7.43. The number of nitrogens with zero attached hydrogens (tertiary/aromatic N) is 3. The van der Waals surface area contributed by atoms with Crippen LogP contribution in [0.15, 0.2) is 66.1 Å². The maximum absolute atomic E-state index is 13.3. The molecule has 0 aliphatic carbocycles. The third-order valence-electron chi connectivity index (χ3n) is 3.91. The highest BCUT2D eigenvalue weighted by Crippen LogP contribution is 2.32. The number of pyridine rings is 1. The first-order valence-electron chi connectivity index (χ1n) is 8.68. The normalized spacial score (nSPS) is 12.4. The molecule has 0 radical (unpaired) electrons. The van der Waals surface area contributed by atoms with E-state index in [1.54, 1.807) is 55.7 Å². The minimum Gasteiger partial charge on any atom is -0.351 e. The van der Waals surface area contributed by atoms with Crippen molar-refractivity contribution in [1.82, 2.24) is 20.3 Å². The Morgan fingerprint density at radius 1 is 1.14 bits per heavy atom. The Morgan fingerprint density at radius 2 is 1.90 bits per heavy atom. The summed E-state index contributed by atoms with van der Waals surface area (Å²) in [5, 5.41) is 1.94. The molecule has 1 N–H and O–H groups in total. The van der Waals surface area contributed by atoms with Crippen LogP contribution >= 0.6 is 11.8 Å². The van der Waals surface area contributed by atoms with Crippen molar-refractivity contribution in [2.24, 2.45) is 0 Å². The van der Waals surface area contributed by atoms with Gasteiger partial charge >= 0.3 is 6.18 Å². The topological polar surface area (TPSA) is 67.8 Å². The molecule has 3 aromatic rings. The van der Waals surface area contributed by atoms with Crippen molar-refractivity contribution in [2.75, 3.05) is 0 Å². The summed E-state index contributed by atoms with van der Waals surface area (Å²) in [6.45, 7) is 1.87. The molecular weight excluding hydrogens is 401 g/mol. The van der Waals surface area contributed by atoms with Crippen molar-refractivity contribution in [2.45, 2.75) is 30.1 Å². The highest BCUT2D eigenvalue weighted by molar-refractivity contribution is 8.00. The second kappa shape index (κ2) is 9.04. The molecular formula is C20H17F3N4OS. The first-order valence-corrected chi connectivity index (χ1v) is 9.56. The lowest BCUT2D eigenvalue weighted by Crippen LogP contribution is -2.30. The Bertz CT molecular complexity index is 968. The van der Waals surface area contributed by atoms with Gasteiger partial charge in [0, 0.05) is 24.5 Å². The zero-order chi connectivity index (χ0) is 20.9. The summed E-state index contributed by atoms with van der Waals surface area (Å²) in [5.41, 5.74) is 0.464. The van der Waals surface area contributed by atoms with E-state index < -0.39 is 17.1 Å². The Kier molecular flexibility index (Phi) is 6.48. The quantitative estimate of drug-likeness (QED) is 0.476. The van der Waals surface area contributed by atoms with E-state index in [0.717, 1.165) is 23.4 Å². The fourth-order valence-corrected chi connectivity index (χ4v) is 3.24. The van der Waals surface area contributed by atoms with Crippen LogP contribution in [0.4, 0.5) is 13.2 Å². The van der Waals surface area contributed by atoms with Gasteiger partial charge in [-0.15, -0.1) is 0 Å². The molecule has 0 spiro atoms. The zero-order valence-electron chi connectivity index (χ0n) is 15.3. The van der Waals surface area contributed by atoms with Crippen molar-refractivity contribution in [1.29, 1.82) is 0 Å². The van der Waals surface area contributed by atoms with Gasteiger partial charge in [0.05, 0.1) is 10.9 Å². The molecule has 0 saturated carbocycles. The van der Waals surface area contributed by atoms with Gasteiger partial charge < -0.3 is 5.32 Å². The molecule has 3 rings (SSSR count). The lowest BCUT2D eigenvalue weighted by molar-refractivity contribution is -0.141. The number of nitrogens with one attached hydrogen (secondary N) is 1. The van der Waals surface area contributed by atoms with Crippen LogP contribution in [0.2, 0.25) is 0 Å². The molecule has 0 bridgehead atoms. The Balaban J connectivity index is 1.77. The summed E-state index contributed by atoms with van der Waals surface area (Å²) in [6, 6.07) is 13.0. The molecule has 2 heterocycles. The maximum atomic E-state index is 13.3. The number of rotatable bonds is 6. The van der Waals surface area contributed by atoms with E-state index in [1.807, 2.05) is 6.07 Å². The Labute approximate surface area is 169 Å². The van der Waals surface area contributed by atoms with Crippen LogP contribution in [0, 0.1) is 0 Å². The number of carbonyl (C=O) groups excluding carboxylic acids is 1. The van der Waals surface area contributed by atoms with Crippen LogP contribution in [-0.4, -0.2) is 26.1 Å². The molecule has 1 atom stereocenters.